The van der Waals surface area contributed by atoms with Crippen molar-refractivity contribution in [3.8, 4) is 0 Å². The summed E-state index contributed by atoms with van der Waals surface area (Å²) in [6.45, 7) is 31.7. The Balaban J connectivity index is 4.51. The Hall–Kier alpha value is -5.78. The van der Waals surface area contributed by atoms with Gasteiger partial charge in [0.15, 0.2) is 0 Å². The molecule has 24 heteroatoms. The predicted molar refractivity (Wildman–Crippen MR) is 364 cm³/mol. The van der Waals surface area contributed by atoms with Crippen LogP contribution in [0.25, 0.3) is 0 Å². The normalized spacial score (nSPS) is 26.4. The molecule has 1 aliphatic rings. The van der Waals surface area contributed by atoms with Crippen molar-refractivity contribution in [2.75, 3.05) is 60.8 Å². The zero-order valence-corrected chi connectivity index (χ0v) is 61.7. The van der Waals surface area contributed by atoms with E-state index in [0.29, 0.717) is 12.2 Å². The standard InChI is InChI=1S/C68H123N11O12S/c1-26-29-31-33-92-39-54-65(88)77(23)53(38-68(17,18)91)60(83)72-55(43(10)11)66(89)73(19)49(34-40(4)5)58(81)69-46(15)57(80)70-47(16)61(84)75(21)51(35-41(6)7)63(86)76(22)52(36-42(8)9)64(87)79(25)56(44(12)13)67(90)74(20)50(37-45(14)32-30-27-2)59(82)71-48(28-3)62(85)78(54)24/h27,30,40-56,91H,26,28-29,31-39H2,1-25H3,(H,69,81)(H,70,80)(H,71,82)(H,72,83)/b30-27+/t45-,46+,47-,48+,49+,50+,51+,52+,53+,54-,55+,56+/m1/s1. The van der Waals surface area contributed by atoms with Gasteiger partial charge in [-0.2, -0.15) is 11.8 Å². The van der Waals surface area contributed by atoms with Gasteiger partial charge in [0.25, 0.3) is 0 Å². The quantitative estimate of drug-likeness (QED) is 0.0682. The van der Waals surface area contributed by atoms with Crippen LogP contribution in [0.1, 0.15) is 189 Å². The highest BCUT2D eigenvalue weighted by Gasteiger charge is 2.45. The van der Waals surface area contributed by atoms with Crippen molar-refractivity contribution in [2.45, 2.75) is 261 Å². The molecule has 5 N–H and O–H groups in total. The lowest BCUT2D eigenvalue weighted by Gasteiger charge is -2.41. The minimum absolute atomic E-state index is 0.0701. The Bertz CT molecular complexity index is 2490. The molecule has 0 radical (unpaired) electrons. The van der Waals surface area contributed by atoms with E-state index in [1.165, 1.54) is 123 Å². The molecule has 23 nitrogen and oxygen atoms in total. The van der Waals surface area contributed by atoms with E-state index in [-0.39, 0.29) is 67.9 Å². The smallest absolute Gasteiger partial charge is 0.246 e. The average Bonchev–Trinajstić information content (AvgIpc) is 0.825. The fourth-order valence-corrected chi connectivity index (χ4v) is 12.7. The second kappa shape index (κ2) is 39.2. The number of allylic oxidation sites excluding steroid dienone is 2. The molecule has 92 heavy (non-hydrogen) atoms. The maximum absolute atomic E-state index is 15.3. The summed E-state index contributed by atoms with van der Waals surface area (Å²) in [4.78, 5) is 173. The largest absolute Gasteiger partial charge is 0.390 e. The molecule has 1 rings (SSSR count). The maximum atomic E-state index is 15.3. The molecule has 12 atom stereocenters. The van der Waals surface area contributed by atoms with Crippen molar-refractivity contribution in [3.05, 3.63) is 12.2 Å². The van der Waals surface area contributed by atoms with Crippen molar-refractivity contribution >= 4 is 76.7 Å². The van der Waals surface area contributed by atoms with Crippen molar-refractivity contribution < 1.29 is 57.8 Å². The van der Waals surface area contributed by atoms with E-state index in [0.717, 1.165) is 19.3 Å². The molecule has 0 aromatic carbocycles. The number of rotatable bonds is 21. The van der Waals surface area contributed by atoms with Crippen molar-refractivity contribution in [1.29, 1.82) is 0 Å². The number of nitrogens with one attached hydrogen (secondary N) is 4. The van der Waals surface area contributed by atoms with Crippen LogP contribution < -0.4 is 21.3 Å². The number of thioether (sulfide) groups is 1. The van der Waals surface area contributed by atoms with Gasteiger partial charge in [-0.05, 0) is 121 Å². The SMILES string of the molecule is C/C=C/C[C@@H](C)C[C@H]1C(=O)N[C@@H](CC)C(=O)N(C)[C@H](CSCCCCC)C(=O)N(C)[C@@H](CC(C)(C)O)C(=O)N[C@@H](C(C)C)C(=O)N(C)[C@@H](CC(C)C)C(=O)N[C@@H](C)C(=O)N[C@H](C)C(=O)N(C)[C@@H](CC(C)C)C(=O)N(C)[C@@H](CC(C)C)C(=O)N(C)[C@@H](C(C)C)C(=O)N1C. The summed E-state index contributed by atoms with van der Waals surface area (Å²) in [5.41, 5.74) is -1.55. The Morgan fingerprint density at radius 1 is 0.478 bits per heavy atom. The van der Waals surface area contributed by atoms with Crippen LogP contribution in [0.2, 0.25) is 0 Å². The van der Waals surface area contributed by atoms with E-state index in [1.807, 2.05) is 67.5 Å². The van der Waals surface area contributed by atoms with Gasteiger partial charge in [-0.3, -0.25) is 52.7 Å². The van der Waals surface area contributed by atoms with E-state index in [2.05, 4.69) is 28.2 Å². The summed E-state index contributed by atoms with van der Waals surface area (Å²) in [5, 5.41) is 22.6. The van der Waals surface area contributed by atoms with Crippen LogP contribution in [0.15, 0.2) is 12.2 Å². The Labute approximate surface area is 557 Å². The number of hydrogen-bond acceptors (Lipinski definition) is 13. The molecule has 0 spiro atoms. The van der Waals surface area contributed by atoms with Crippen LogP contribution >= 0.6 is 11.8 Å². The fourth-order valence-electron chi connectivity index (χ4n) is 11.6. The minimum atomic E-state index is -1.55. The second-order valence-corrected chi connectivity index (χ2v) is 29.6. The number of likely N-dealkylation sites (N-methyl/N-ethyl adjacent to an activating group) is 7. The fraction of sp³-hybridized carbons (Fsp3) is 0.809. The van der Waals surface area contributed by atoms with Crippen LogP contribution in [-0.2, 0) is 52.7 Å². The molecule has 0 aromatic rings. The van der Waals surface area contributed by atoms with Gasteiger partial charge >= 0.3 is 0 Å². The van der Waals surface area contributed by atoms with Crippen molar-refractivity contribution in [1.82, 2.24) is 55.6 Å². The molecule has 1 saturated heterocycles. The highest BCUT2D eigenvalue weighted by Crippen LogP contribution is 2.27. The highest BCUT2D eigenvalue weighted by atomic mass is 32.2. The molecular weight excluding hydrogens is 1190 g/mol. The van der Waals surface area contributed by atoms with Crippen LogP contribution in [0, 0.1) is 35.5 Å². The third-order valence-electron chi connectivity index (χ3n) is 17.4. The van der Waals surface area contributed by atoms with Crippen LogP contribution in [-0.4, -0.2) is 237 Å². The Kier molecular flexibility index (Phi) is 35.9. The van der Waals surface area contributed by atoms with Gasteiger partial charge in [0.2, 0.25) is 65.0 Å². The molecule has 1 fully saturated rings. The summed E-state index contributed by atoms with van der Waals surface area (Å²) in [7, 11) is 10.2. The Morgan fingerprint density at radius 2 is 0.902 bits per heavy atom. The first-order chi connectivity index (χ1) is 42.5. The summed E-state index contributed by atoms with van der Waals surface area (Å²) in [5.74, 6) is -8.06. The Morgan fingerprint density at radius 3 is 1.38 bits per heavy atom. The van der Waals surface area contributed by atoms with Gasteiger partial charge in [0, 0.05) is 61.5 Å². The molecule has 11 amide bonds. The number of amides is 11. The first kappa shape index (κ1) is 84.2. The molecule has 0 aliphatic carbocycles. The molecule has 0 saturated carbocycles. The topological polar surface area (TPSA) is 279 Å². The first-order valence-corrected chi connectivity index (χ1v) is 34.7. The van der Waals surface area contributed by atoms with E-state index in [9.17, 15) is 29.1 Å². The van der Waals surface area contributed by atoms with Gasteiger partial charge in [0.1, 0.15) is 66.5 Å². The number of nitrogens with zero attached hydrogens (tertiary/aromatic N) is 7. The molecule has 0 bridgehead atoms. The van der Waals surface area contributed by atoms with Crippen LogP contribution in [0.3, 0.4) is 0 Å². The van der Waals surface area contributed by atoms with Crippen LogP contribution in [0.4, 0.5) is 0 Å². The monoisotopic (exact) mass is 1320 g/mol. The summed E-state index contributed by atoms with van der Waals surface area (Å²) < 4.78 is 0. The number of carbonyl (C=O) groups is 11. The highest BCUT2D eigenvalue weighted by molar-refractivity contribution is 7.99. The minimum Gasteiger partial charge on any atom is -0.390 e. The zero-order chi connectivity index (χ0) is 71.1. The third-order valence-corrected chi connectivity index (χ3v) is 18.5. The lowest BCUT2D eigenvalue weighted by Crippen LogP contribution is -2.62. The van der Waals surface area contributed by atoms with Gasteiger partial charge in [-0.1, -0.05) is 115 Å². The summed E-state index contributed by atoms with van der Waals surface area (Å²) >= 11 is 1.45. The zero-order valence-electron chi connectivity index (χ0n) is 60.9. The van der Waals surface area contributed by atoms with Crippen molar-refractivity contribution in [3.63, 3.8) is 0 Å². The van der Waals surface area contributed by atoms with Gasteiger partial charge < -0.3 is 60.7 Å². The maximum Gasteiger partial charge on any atom is 0.246 e. The van der Waals surface area contributed by atoms with Crippen LogP contribution in [0.5, 0.6) is 0 Å². The molecule has 1 heterocycles. The van der Waals surface area contributed by atoms with Crippen molar-refractivity contribution in [2.24, 2.45) is 35.5 Å². The van der Waals surface area contributed by atoms with Gasteiger partial charge in [0.05, 0.1) is 5.60 Å². The number of hydrogen-bond donors (Lipinski definition) is 5. The first-order valence-electron chi connectivity index (χ1n) is 33.5. The molecule has 528 valence electrons. The molecular formula is C68H123N11O12S. The molecule has 0 unspecified atom stereocenters. The lowest BCUT2D eigenvalue weighted by atomic mass is 9.93. The number of aliphatic hydroxyl groups is 1. The van der Waals surface area contributed by atoms with Gasteiger partial charge in [-0.15, -0.1) is 0 Å². The molecule has 0 aromatic heterocycles. The molecule has 1 aliphatic heterocycles. The second-order valence-electron chi connectivity index (χ2n) is 28.4. The number of carbonyl (C=O) groups excluding carboxylic acids is 11. The number of unbranched alkanes of at least 4 members (excludes halogenated alkanes) is 2. The summed E-state index contributed by atoms with van der Waals surface area (Å²) in [6.07, 6.45) is 7.50. The average molecular weight is 1320 g/mol. The van der Waals surface area contributed by atoms with E-state index in [4.69, 9.17) is 0 Å². The van der Waals surface area contributed by atoms with E-state index >= 15 is 28.8 Å². The van der Waals surface area contributed by atoms with E-state index < -0.39 is 149 Å². The summed E-state index contributed by atoms with van der Waals surface area (Å²) in [6, 6.07) is -13.3. The van der Waals surface area contributed by atoms with Gasteiger partial charge in [-0.25, -0.2) is 0 Å². The predicted octanol–water partition coefficient (Wildman–Crippen LogP) is 5.71. The van der Waals surface area contributed by atoms with E-state index in [1.54, 1.807) is 34.6 Å². The lowest BCUT2D eigenvalue weighted by molar-refractivity contribution is -0.156. The third kappa shape index (κ3) is 25.2.